The molecule has 6 aliphatic rings. The molecule has 0 amide bonds. The summed E-state index contributed by atoms with van der Waals surface area (Å²) in [6.07, 6.45) is 14.8. The number of methoxy groups -OCH3 is 2. The molecule has 8 nitrogen and oxygen atoms in total. The van der Waals surface area contributed by atoms with E-state index >= 15 is 0 Å². The maximum atomic E-state index is 13.3. The fourth-order valence-electron chi connectivity index (χ4n) is 18.0. The Balaban J connectivity index is 0.000000261. The van der Waals surface area contributed by atoms with Gasteiger partial charge in [0.1, 0.15) is 11.5 Å². The van der Waals surface area contributed by atoms with Crippen LogP contribution in [0.5, 0.6) is 11.5 Å². The van der Waals surface area contributed by atoms with Gasteiger partial charge in [-0.1, -0.05) is 102 Å². The molecule has 8 rings (SSSR count). The molecule has 0 saturated heterocycles. The van der Waals surface area contributed by atoms with E-state index in [1.54, 1.807) is 28.1 Å². The van der Waals surface area contributed by atoms with Crippen molar-refractivity contribution in [3.8, 4) is 11.5 Å². The van der Waals surface area contributed by atoms with Crippen LogP contribution in [0.25, 0.3) is 0 Å². The number of carbonyl (C=O) groups excluding carboxylic acids is 2. The Bertz CT molecular complexity index is 2640. The lowest BCUT2D eigenvalue weighted by molar-refractivity contribution is -0.284. The molecule has 4 fully saturated rings. The standard InChI is InChI=1S/C37H55F5O4.C37H53F5O4/c2*1-4-46-34(44)25(15-12-21-36(38,39)37(40,41)42)13-10-8-6-5-7-9-11-14-26-23-27-24-28(45-3)16-17-29(27)30-20-22-35(2)31(33(26)30)18-19-32(35)43/h16-17,24-26,30-33,43H,4-15,18-23H2,1-3H3;9,11,16-17,24-26,30-33,43H,4-8,10,12-15,18-23H2,1-3H3/t2*25?,26-,30?,31?,32+,33?,35+/m11/s1. The van der Waals surface area contributed by atoms with E-state index in [0.717, 1.165) is 146 Å². The Labute approximate surface area is 541 Å². The van der Waals surface area contributed by atoms with Crippen LogP contribution in [0.1, 0.15) is 254 Å². The van der Waals surface area contributed by atoms with Gasteiger partial charge >= 0.3 is 36.1 Å². The highest BCUT2D eigenvalue weighted by atomic mass is 19.4. The average Bonchev–Trinajstić information content (AvgIpc) is 1.40. The van der Waals surface area contributed by atoms with E-state index in [0.29, 0.717) is 66.6 Å². The van der Waals surface area contributed by atoms with Crippen molar-refractivity contribution in [3.05, 3.63) is 70.8 Å². The van der Waals surface area contributed by atoms with Crippen LogP contribution in [0.15, 0.2) is 48.6 Å². The number of rotatable bonds is 33. The van der Waals surface area contributed by atoms with Gasteiger partial charge in [-0.15, -0.1) is 0 Å². The number of hydrogen-bond donors (Lipinski definition) is 2. The van der Waals surface area contributed by atoms with Crippen molar-refractivity contribution in [3.63, 3.8) is 0 Å². The normalized spacial score (nSPS) is 28.3. The van der Waals surface area contributed by atoms with Crippen LogP contribution in [0.3, 0.4) is 0 Å². The Morgan fingerprint density at radius 1 is 0.533 bits per heavy atom. The van der Waals surface area contributed by atoms with Crippen molar-refractivity contribution in [2.45, 2.75) is 281 Å². The minimum Gasteiger partial charge on any atom is -0.497 e. The van der Waals surface area contributed by atoms with Gasteiger partial charge in [-0.3, -0.25) is 9.59 Å². The Morgan fingerprint density at radius 3 is 1.37 bits per heavy atom. The van der Waals surface area contributed by atoms with Crippen molar-refractivity contribution in [2.75, 3.05) is 27.4 Å². The predicted octanol–water partition coefficient (Wildman–Crippen LogP) is 20.2. The number of carbonyl (C=O) groups is 2. The molecule has 0 radical (unpaired) electrons. The molecule has 2 N–H and O–H groups in total. The van der Waals surface area contributed by atoms with Crippen molar-refractivity contribution in [1.29, 1.82) is 0 Å². The first-order valence-electron chi connectivity index (χ1n) is 35.2. The number of aliphatic hydroxyl groups is 2. The third kappa shape index (κ3) is 18.7. The molecule has 4 saturated carbocycles. The molecule has 0 spiro atoms. The summed E-state index contributed by atoms with van der Waals surface area (Å²) in [6.45, 7) is 8.23. The summed E-state index contributed by atoms with van der Waals surface area (Å²) in [7, 11) is 3.44. The predicted molar refractivity (Wildman–Crippen MR) is 338 cm³/mol. The fourth-order valence-corrected chi connectivity index (χ4v) is 18.0. The number of unbranched alkanes of at least 4 members (excludes halogenated alkanes) is 10. The van der Waals surface area contributed by atoms with Crippen LogP contribution in [0.4, 0.5) is 43.9 Å². The van der Waals surface area contributed by atoms with Crippen LogP contribution in [0, 0.1) is 58.2 Å². The first kappa shape index (κ1) is 75.3. The largest absolute Gasteiger partial charge is 0.497 e. The number of ether oxygens (including phenoxy) is 4. The van der Waals surface area contributed by atoms with Crippen molar-refractivity contribution >= 4 is 11.9 Å². The zero-order chi connectivity index (χ0) is 67.1. The molecule has 2 aromatic carbocycles. The summed E-state index contributed by atoms with van der Waals surface area (Å²) in [5, 5.41) is 21.8. The van der Waals surface area contributed by atoms with E-state index in [1.165, 1.54) is 35.1 Å². The minimum atomic E-state index is -5.57. The van der Waals surface area contributed by atoms with Gasteiger partial charge in [-0.2, -0.15) is 43.9 Å². The number of esters is 2. The fraction of sp³-hybridized carbons (Fsp3) is 0.784. The summed E-state index contributed by atoms with van der Waals surface area (Å²) in [5.74, 6) is -5.48. The lowest BCUT2D eigenvalue weighted by Crippen LogP contribution is -2.47. The summed E-state index contributed by atoms with van der Waals surface area (Å²) in [4.78, 5) is 24.6. The third-order valence-corrected chi connectivity index (χ3v) is 23.2. The molecule has 18 heteroatoms. The lowest BCUT2D eigenvalue weighted by Gasteiger charge is -2.53. The molecule has 14 atom stereocenters. The monoisotopic (exact) mass is 1310 g/mol. The van der Waals surface area contributed by atoms with Gasteiger partial charge in [0.2, 0.25) is 0 Å². The summed E-state index contributed by atoms with van der Waals surface area (Å²) in [6, 6.07) is 13.2. The Hall–Kier alpha value is -4.06. The topological polar surface area (TPSA) is 112 Å². The molecular formula is C74H108F10O8. The number of allylic oxidation sites excluding steroid dienone is 2. The molecule has 2 aromatic rings. The summed E-state index contributed by atoms with van der Waals surface area (Å²) < 4.78 is 149. The van der Waals surface area contributed by atoms with E-state index in [4.69, 9.17) is 18.9 Å². The minimum absolute atomic E-state index is 0.00748. The number of aliphatic hydroxyl groups excluding tert-OH is 2. The van der Waals surface area contributed by atoms with Gasteiger partial charge in [0.05, 0.1) is 51.5 Å². The highest BCUT2D eigenvalue weighted by molar-refractivity contribution is 5.72. The number of alkyl halides is 10. The maximum absolute atomic E-state index is 13.3. The third-order valence-electron chi connectivity index (χ3n) is 23.2. The average molecular weight is 1320 g/mol. The van der Waals surface area contributed by atoms with Gasteiger partial charge < -0.3 is 29.2 Å². The zero-order valence-electron chi connectivity index (χ0n) is 55.7. The van der Waals surface area contributed by atoms with Crippen LogP contribution in [0.2, 0.25) is 0 Å². The van der Waals surface area contributed by atoms with E-state index < -0.39 is 60.8 Å². The number of halogens is 10. The van der Waals surface area contributed by atoms with E-state index in [9.17, 15) is 63.7 Å². The van der Waals surface area contributed by atoms with Crippen LogP contribution < -0.4 is 9.47 Å². The van der Waals surface area contributed by atoms with Gasteiger partial charge in [0.25, 0.3) is 0 Å². The molecule has 92 heavy (non-hydrogen) atoms. The van der Waals surface area contributed by atoms with Gasteiger partial charge in [0, 0.05) is 12.8 Å². The Kier molecular flexibility index (Phi) is 27.6. The van der Waals surface area contributed by atoms with Crippen molar-refractivity contribution in [2.24, 2.45) is 58.2 Å². The van der Waals surface area contributed by atoms with E-state index in [-0.39, 0.29) is 61.9 Å². The lowest BCUT2D eigenvalue weighted by atomic mass is 9.52. The first-order chi connectivity index (χ1) is 43.6. The number of hydrogen-bond acceptors (Lipinski definition) is 8. The number of fused-ring (bicyclic) bond motifs is 10. The molecule has 0 bridgehead atoms. The smallest absolute Gasteiger partial charge is 0.453 e. The molecule has 0 aliphatic heterocycles. The van der Waals surface area contributed by atoms with Crippen LogP contribution in [-0.2, 0) is 31.9 Å². The Morgan fingerprint density at radius 2 is 0.935 bits per heavy atom. The summed E-state index contributed by atoms with van der Waals surface area (Å²) >= 11 is 0. The zero-order valence-corrected chi connectivity index (χ0v) is 55.7. The first-order valence-corrected chi connectivity index (χ1v) is 35.2. The molecule has 8 unspecified atom stereocenters. The summed E-state index contributed by atoms with van der Waals surface area (Å²) in [5.41, 5.74) is 5.84. The second kappa shape index (κ2) is 33.7. The van der Waals surface area contributed by atoms with Gasteiger partial charge in [-0.25, -0.2) is 0 Å². The van der Waals surface area contributed by atoms with Crippen molar-refractivity contribution in [1.82, 2.24) is 0 Å². The highest BCUT2D eigenvalue weighted by Gasteiger charge is 2.60. The quantitative estimate of drug-likeness (QED) is 0.0315. The molecule has 0 heterocycles. The van der Waals surface area contributed by atoms with Gasteiger partial charge in [0.15, 0.2) is 0 Å². The SMILES string of the molecule is CCOC(=O)C(CCCCCCC=CC[C@@H]1Cc2cc(OC)ccc2C2CC[C@@]3(C)C(CC[C@@H]3O)C21)CCCC(F)(F)C(F)(F)F.CCOC(=O)C(CCCCCCCCC[C@@H]1Cc2cc(OC)ccc2C2CC[C@@]3(C)C(CC[C@@H]3O)C21)CCCC(F)(F)C(F)(F)F. The molecule has 522 valence electrons. The number of benzene rings is 2. The maximum Gasteiger partial charge on any atom is 0.453 e. The second-order valence-corrected chi connectivity index (χ2v) is 28.8. The highest BCUT2D eigenvalue weighted by Crippen LogP contribution is 2.64. The van der Waals surface area contributed by atoms with Crippen LogP contribution in [-0.4, -0.2) is 86.0 Å². The van der Waals surface area contributed by atoms with Gasteiger partial charge in [-0.05, 0) is 247 Å². The molecule has 0 aromatic heterocycles. The molecular weight excluding hydrogens is 1210 g/mol. The van der Waals surface area contributed by atoms with E-state index in [1.807, 2.05) is 0 Å². The van der Waals surface area contributed by atoms with Crippen LogP contribution >= 0.6 is 0 Å². The second-order valence-electron chi connectivity index (χ2n) is 28.8. The molecule has 6 aliphatic carbocycles. The van der Waals surface area contributed by atoms with Crippen molar-refractivity contribution < 1.29 is 82.7 Å². The van der Waals surface area contributed by atoms with E-state index in [2.05, 4.69) is 62.4 Å².